The molecular weight excluding hydrogens is 352 g/mol. The van der Waals surface area contributed by atoms with Crippen LogP contribution < -0.4 is 4.90 Å². The Bertz CT molecular complexity index is 839. The van der Waals surface area contributed by atoms with Crippen LogP contribution in [0.4, 0.5) is 5.69 Å². The minimum atomic E-state index is 0.0293. The van der Waals surface area contributed by atoms with E-state index in [1.54, 1.807) is 4.68 Å². The summed E-state index contributed by atoms with van der Waals surface area (Å²) in [5, 5.41) is 4.37. The first-order valence-corrected chi connectivity index (χ1v) is 10.3. The maximum Gasteiger partial charge on any atom is 0.274 e. The molecule has 1 amide bonds. The second-order valence-corrected chi connectivity index (χ2v) is 7.98. The van der Waals surface area contributed by atoms with E-state index in [9.17, 15) is 4.79 Å². The van der Waals surface area contributed by atoms with E-state index < -0.39 is 0 Å². The normalized spacial score (nSPS) is 20.8. The highest BCUT2D eigenvalue weighted by Gasteiger charge is 2.30. The lowest BCUT2D eigenvalue weighted by atomic mass is 10.0. The van der Waals surface area contributed by atoms with Crippen LogP contribution in [0.15, 0.2) is 24.4 Å². The third-order valence-electron chi connectivity index (χ3n) is 5.90. The van der Waals surface area contributed by atoms with E-state index in [0.29, 0.717) is 11.6 Å². The Kier molecular flexibility index (Phi) is 5.35. The van der Waals surface area contributed by atoms with Gasteiger partial charge in [-0.3, -0.25) is 14.5 Å². The number of amides is 1. The van der Waals surface area contributed by atoms with Crippen molar-refractivity contribution >= 4 is 11.6 Å². The van der Waals surface area contributed by atoms with Crippen LogP contribution in [0.5, 0.6) is 0 Å². The third-order valence-corrected chi connectivity index (χ3v) is 5.90. The van der Waals surface area contributed by atoms with Gasteiger partial charge in [-0.15, -0.1) is 0 Å². The highest BCUT2D eigenvalue weighted by atomic mass is 16.2. The number of anilines is 1. The maximum atomic E-state index is 12.8. The molecule has 0 aliphatic carbocycles. The van der Waals surface area contributed by atoms with Gasteiger partial charge < -0.3 is 14.7 Å². The van der Waals surface area contributed by atoms with E-state index in [2.05, 4.69) is 41.0 Å². The van der Waals surface area contributed by atoms with E-state index in [1.165, 1.54) is 5.69 Å². The Morgan fingerprint density at radius 3 is 2.68 bits per heavy atom. The number of pyridine rings is 1. The molecule has 2 aromatic heterocycles. The predicted octanol–water partition coefficient (Wildman–Crippen LogP) is 1.99. The zero-order chi connectivity index (χ0) is 19.7. The van der Waals surface area contributed by atoms with Gasteiger partial charge in [0, 0.05) is 75.0 Å². The first-order valence-electron chi connectivity index (χ1n) is 10.3. The first kappa shape index (κ1) is 18.9. The van der Waals surface area contributed by atoms with Crippen LogP contribution in [-0.2, 0) is 6.54 Å². The second-order valence-electron chi connectivity index (χ2n) is 7.98. The lowest BCUT2D eigenvalue weighted by Crippen LogP contribution is -2.44. The van der Waals surface area contributed by atoms with Crippen molar-refractivity contribution in [3.05, 3.63) is 41.5 Å². The summed E-state index contributed by atoms with van der Waals surface area (Å²) < 4.78 is 1.80. The van der Waals surface area contributed by atoms with Gasteiger partial charge in [-0.1, -0.05) is 0 Å². The van der Waals surface area contributed by atoms with Gasteiger partial charge >= 0.3 is 0 Å². The molecule has 2 aliphatic rings. The van der Waals surface area contributed by atoms with Crippen LogP contribution in [0.2, 0.25) is 0 Å². The van der Waals surface area contributed by atoms with Crippen LogP contribution in [-0.4, -0.2) is 76.8 Å². The molecule has 0 unspecified atom stereocenters. The molecule has 0 spiro atoms. The number of piperazine rings is 1. The van der Waals surface area contributed by atoms with Crippen LogP contribution in [0, 0.1) is 6.92 Å². The van der Waals surface area contributed by atoms with E-state index in [-0.39, 0.29) is 5.91 Å². The molecule has 0 saturated carbocycles. The molecule has 28 heavy (non-hydrogen) atoms. The summed E-state index contributed by atoms with van der Waals surface area (Å²) in [6.45, 7) is 10.6. The molecule has 150 valence electrons. The van der Waals surface area contributed by atoms with Gasteiger partial charge in [-0.2, -0.15) is 5.10 Å². The second kappa shape index (κ2) is 7.91. The van der Waals surface area contributed by atoms with Gasteiger partial charge in [0.2, 0.25) is 0 Å². The Balaban J connectivity index is 1.47. The Morgan fingerprint density at radius 2 is 1.96 bits per heavy atom. The monoisotopic (exact) mass is 382 g/mol. The van der Waals surface area contributed by atoms with Crippen molar-refractivity contribution in [2.45, 2.75) is 32.7 Å². The SMILES string of the molecule is CCn1ccc(C(=O)N2CC[C@H](c3cc(N4CCN(C)CC4)cc(C)n3)C2)n1. The van der Waals surface area contributed by atoms with Crippen molar-refractivity contribution in [1.29, 1.82) is 0 Å². The molecule has 4 rings (SSSR count). The fourth-order valence-corrected chi connectivity index (χ4v) is 4.13. The summed E-state index contributed by atoms with van der Waals surface area (Å²) in [5.74, 6) is 0.324. The van der Waals surface area contributed by atoms with E-state index in [0.717, 1.165) is 63.6 Å². The quantitative estimate of drug-likeness (QED) is 0.809. The third kappa shape index (κ3) is 3.90. The molecule has 0 bridgehead atoms. The molecule has 2 fully saturated rings. The molecule has 7 heteroatoms. The van der Waals surface area contributed by atoms with Crippen LogP contribution in [0.25, 0.3) is 0 Å². The minimum Gasteiger partial charge on any atom is -0.369 e. The smallest absolute Gasteiger partial charge is 0.274 e. The zero-order valence-corrected chi connectivity index (χ0v) is 17.1. The fraction of sp³-hybridized carbons (Fsp3) is 0.571. The topological polar surface area (TPSA) is 57.5 Å². The molecule has 4 heterocycles. The van der Waals surface area contributed by atoms with Crippen molar-refractivity contribution in [3.63, 3.8) is 0 Å². The number of hydrogen-bond donors (Lipinski definition) is 0. The van der Waals surface area contributed by atoms with Gasteiger partial charge in [0.1, 0.15) is 5.69 Å². The van der Waals surface area contributed by atoms with Crippen molar-refractivity contribution < 1.29 is 4.79 Å². The first-order chi connectivity index (χ1) is 13.5. The molecule has 0 radical (unpaired) electrons. The molecular formula is C21H30N6O. The lowest BCUT2D eigenvalue weighted by molar-refractivity contribution is 0.0784. The van der Waals surface area contributed by atoms with Crippen molar-refractivity contribution in [1.82, 2.24) is 24.6 Å². The average Bonchev–Trinajstić information content (AvgIpc) is 3.37. The van der Waals surface area contributed by atoms with Crippen LogP contribution in [0.3, 0.4) is 0 Å². The van der Waals surface area contributed by atoms with Crippen LogP contribution in [0.1, 0.15) is 41.1 Å². The highest BCUT2D eigenvalue weighted by molar-refractivity contribution is 5.92. The summed E-state index contributed by atoms with van der Waals surface area (Å²) in [4.78, 5) is 24.3. The van der Waals surface area contributed by atoms with Gasteiger partial charge in [-0.25, -0.2) is 0 Å². The minimum absolute atomic E-state index is 0.0293. The molecule has 0 aromatic carbocycles. The van der Waals surface area contributed by atoms with Gasteiger partial charge in [0.25, 0.3) is 5.91 Å². The molecule has 2 saturated heterocycles. The van der Waals surface area contributed by atoms with E-state index in [1.807, 2.05) is 24.1 Å². The fourth-order valence-electron chi connectivity index (χ4n) is 4.13. The summed E-state index contributed by atoms with van der Waals surface area (Å²) in [6.07, 6.45) is 2.82. The number of nitrogens with zero attached hydrogens (tertiary/aromatic N) is 6. The number of carbonyl (C=O) groups is 1. The Labute approximate surface area is 166 Å². The van der Waals surface area contributed by atoms with Crippen molar-refractivity contribution in [2.75, 3.05) is 51.2 Å². The molecule has 0 N–H and O–H groups in total. The molecule has 2 aromatic rings. The number of aromatic nitrogens is 3. The summed E-state index contributed by atoms with van der Waals surface area (Å²) in [7, 11) is 2.17. The number of carbonyl (C=O) groups excluding carboxylic acids is 1. The van der Waals surface area contributed by atoms with Gasteiger partial charge in [0.15, 0.2) is 0 Å². The number of rotatable bonds is 4. The molecule has 2 aliphatic heterocycles. The van der Waals surface area contributed by atoms with Gasteiger partial charge in [-0.05, 0) is 45.5 Å². The standard InChI is InChI=1S/C21H30N6O/c1-4-27-8-6-19(23-27)21(28)26-7-5-17(15-26)20-14-18(13-16(2)22-20)25-11-9-24(3)10-12-25/h6,8,13-14,17H,4-5,7,9-12,15H2,1-3H3/t17-/m0/s1. The zero-order valence-electron chi connectivity index (χ0n) is 17.1. The van der Waals surface area contributed by atoms with Crippen LogP contribution >= 0.6 is 0 Å². The number of likely N-dealkylation sites (tertiary alicyclic amines) is 1. The largest absolute Gasteiger partial charge is 0.369 e. The molecule has 1 atom stereocenters. The number of hydrogen-bond acceptors (Lipinski definition) is 5. The van der Waals surface area contributed by atoms with Crippen molar-refractivity contribution in [3.8, 4) is 0 Å². The summed E-state index contributed by atoms with van der Waals surface area (Å²) in [6, 6.07) is 6.24. The predicted molar refractivity (Wildman–Crippen MR) is 110 cm³/mol. The maximum absolute atomic E-state index is 12.8. The number of likely N-dealkylation sites (N-methyl/N-ethyl adjacent to an activating group) is 1. The lowest BCUT2D eigenvalue weighted by Gasteiger charge is -2.34. The van der Waals surface area contributed by atoms with E-state index in [4.69, 9.17) is 4.98 Å². The molecule has 7 nitrogen and oxygen atoms in total. The average molecular weight is 383 g/mol. The van der Waals surface area contributed by atoms with Gasteiger partial charge in [0.05, 0.1) is 0 Å². The Hall–Kier alpha value is -2.41. The summed E-state index contributed by atoms with van der Waals surface area (Å²) in [5.41, 5.74) is 3.97. The highest BCUT2D eigenvalue weighted by Crippen LogP contribution is 2.30. The summed E-state index contributed by atoms with van der Waals surface area (Å²) >= 11 is 0. The number of aryl methyl sites for hydroxylation is 2. The Morgan fingerprint density at radius 1 is 1.18 bits per heavy atom. The van der Waals surface area contributed by atoms with Crippen molar-refractivity contribution in [2.24, 2.45) is 0 Å². The van der Waals surface area contributed by atoms with E-state index >= 15 is 0 Å².